The molecule has 0 spiro atoms. The van der Waals surface area contributed by atoms with Crippen molar-refractivity contribution in [1.29, 1.82) is 0 Å². The molecule has 1 atom stereocenters. The van der Waals surface area contributed by atoms with Crippen molar-refractivity contribution in [3.63, 3.8) is 0 Å². The van der Waals surface area contributed by atoms with Gasteiger partial charge in [0.2, 0.25) is 0 Å². The van der Waals surface area contributed by atoms with Crippen LogP contribution in [-0.4, -0.2) is 29.0 Å². The van der Waals surface area contributed by atoms with Gasteiger partial charge in [0.1, 0.15) is 12.6 Å². The summed E-state index contributed by atoms with van der Waals surface area (Å²) in [6.45, 7) is -0.0758. The van der Waals surface area contributed by atoms with Crippen LogP contribution in [0, 0.1) is 0 Å². The Hall–Kier alpha value is -3.36. The number of aliphatic carboxylic acids is 1. The van der Waals surface area contributed by atoms with Gasteiger partial charge >= 0.3 is 18.1 Å². The first kappa shape index (κ1) is 20.9. The molecule has 0 radical (unpaired) electrons. The topological polar surface area (TPSA) is 92.7 Å². The van der Waals surface area contributed by atoms with Crippen molar-refractivity contribution in [3.8, 4) is 0 Å². The second kappa shape index (κ2) is 9.03. The summed E-state index contributed by atoms with van der Waals surface area (Å²) < 4.78 is 43.2. The van der Waals surface area contributed by atoms with E-state index in [0.717, 1.165) is 18.2 Å². The summed E-state index contributed by atoms with van der Waals surface area (Å²) in [5.74, 6) is -3.44. The van der Waals surface area contributed by atoms with Gasteiger partial charge in [-0.3, -0.25) is 9.59 Å². The normalized spacial score (nSPS) is 12.1. The number of rotatable bonds is 7. The number of nitrogens with one attached hydrogen (secondary N) is 1. The number of alkyl halides is 3. The predicted molar refractivity (Wildman–Crippen MR) is 91.2 cm³/mol. The Bertz CT molecular complexity index is 852. The molecular weight excluding hydrogens is 379 g/mol. The average molecular weight is 395 g/mol. The number of halogens is 3. The highest BCUT2D eigenvalue weighted by Gasteiger charge is 2.31. The number of hydrogen-bond donors (Lipinski definition) is 2. The van der Waals surface area contributed by atoms with Crippen LogP contribution >= 0.6 is 0 Å². The standard InChI is InChI=1S/C19H16F3NO5/c20-19(21,22)14-8-4-7-13(9-14)17(25)23-15(18(26)27)10-16(24)28-11-12-5-2-1-3-6-12/h1-9,15H,10-11H2,(H,23,25)(H,26,27)/t15-/m0/s1. The molecule has 0 bridgehead atoms. The van der Waals surface area contributed by atoms with Crippen LogP contribution in [-0.2, 0) is 27.1 Å². The molecule has 9 heteroatoms. The zero-order chi connectivity index (χ0) is 20.7. The number of benzene rings is 2. The lowest BCUT2D eigenvalue weighted by atomic mass is 10.1. The molecule has 0 saturated heterocycles. The van der Waals surface area contributed by atoms with E-state index in [9.17, 15) is 32.7 Å². The summed E-state index contributed by atoms with van der Waals surface area (Å²) in [6.07, 6.45) is -5.32. The number of hydrogen-bond acceptors (Lipinski definition) is 4. The molecule has 0 unspecified atom stereocenters. The van der Waals surface area contributed by atoms with Crippen molar-refractivity contribution in [3.05, 3.63) is 71.3 Å². The van der Waals surface area contributed by atoms with Crippen molar-refractivity contribution in [1.82, 2.24) is 5.32 Å². The Morgan fingerprint density at radius 1 is 1.04 bits per heavy atom. The van der Waals surface area contributed by atoms with Gasteiger partial charge in [-0.1, -0.05) is 36.4 Å². The average Bonchev–Trinajstić information content (AvgIpc) is 2.66. The summed E-state index contributed by atoms with van der Waals surface area (Å²) >= 11 is 0. The third-order valence-corrected chi connectivity index (χ3v) is 3.67. The van der Waals surface area contributed by atoms with Crippen LogP contribution in [0.2, 0.25) is 0 Å². The van der Waals surface area contributed by atoms with Gasteiger partial charge in [0.25, 0.3) is 5.91 Å². The minimum Gasteiger partial charge on any atom is -0.480 e. The highest BCUT2D eigenvalue weighted by atomic mass is 19.4. The Morgan fingerprint density at radius 2 is 1.71 bits per heavy atom. The molecule has 2 aromatic rings. The van der Waals surface area contributed by atoms with Crippen LogP contribution < -0.4 is 5.32 Å². The van der Waals surface area contributed by atoms with E-state index in [2.05, 4.69) is 0 Å². The lowest BCUT2D eigenvalue weighted by Gasteiger charge is -2.15. The van der Waals surface area contributed by atoms with Crippen LogP contribution in [0.1, 0.15) is 27.9 Å². The molecule has 2 rings (SSSR count). The molecular formula is C19H16F3NO5. The maximum atomic E-state index is 12.7. The van der Waals surface area contributed by atoms with Crippen LogP contribution in [0.15, 0.2) is 54.6 Å². The Labute approximate surface area is 157 Å². The molecule has 0 saturated carbocycles. The SMILES string of the molecule is O=C(C[C@H](NC(=O)c1cccc(C(F)(F)F)c1)C(=O)O)OCc1ccccc1. The summed E-state index contributed by atoms with van der Waals surface area (Å²) in [5.41, 5.74) is -0.733. The fraction of sp³-hybridized carbons (Fsp3) is 0.211. The quantitative estimate of drug-likeness (QED) is 0.703. The van der Waals surface area contributed by atoms with E-state index in [4.69, 9.17) is 4.74 Å². The maximum absolute atomic E-state index is 12.7. The highest BCUT2D eigenvalue weighted by Crippen LogP contribution is 2.29. The van der Waals surface area contributed by atoms with Crippen LogP contribution in [0.25, 0.3) is 0 Å². The molecule has 0 aliphatic carbocycles. The maximum Gasteiger partial charge on any atom is 0.416 e. The zero-order valence-corrected chi connectivity index (χ0v) is 14.4. The van der Waals surface area contributed by atoms with Crippen molar-refractivity contribution in [2.45, 2.75) is 25.2 Å². The fourth-order valence-electron chi connectivity index (χ4n) is 2.24. The van der Waals surface area contributed by atoms with Gasteiger partial charge in [0.05, 0.1) is 12.0 Å². The summed E-state index contributed by atoms with van der Waals surface area (Å²) in [6, 6.07) is 10.5. The Balaban J connectivity index is 1.99. The summed E-state index contributed by atoms with van der Waals surface area (Å²) in [4.78, 5) is 35.3. The lowest BCUT2D eigenvalue weighted by Crippen LogP contribution is -2.42. The summed E-state index contributed by atoms with van der Waals surface area (Å²) in [5, 5.41) is 11.2. The molecule has 2 N–H and O–H groups in total. The van der Waals surface area contributed by atoms with Crippen molar-refractivity contribution in [2.24, 2.45) is 0 Å². The van der Waals surface area contributed by atoms with E-state index in [1.807, 2.05) is 5.32 Å². The molecule has 2 aromatic carbocycles. The zero-order valence-electron chi connectivity index (χ0n) is 14.4. The minimum absolute atomic E-state index is 0.0758. The van der Waals surface area contributed by atoms with Gasteiger partial charge in [0, 0.05) is 5.56 Å². The first-order valence-electron chi connectivity index (χ1n) is 8.07. The molecule has 148 valence electrons. The number of carbonyl (C=O) groups is 3. The molecule has 28 heavy (non-hydrogen) atoms. The van der Waals surface area contributed by atoms with Crippen LogP contribution in [0.3, 0.4) is 0 Å². The molecule has 0 aliphatic heterocycles. The number of carboxylic acids is 1. The third kappa shape index (κ3) is 6.11. The number of amides is 1. The van der Waals surface area contributed by atoms with Crippen molar-refractivity contribution < 1.29 is 37.4 Å². The second-order valence-electron chi connectivity index (χ2n) is 5.79. The summed E-state index contributed by atoms with van der Waals surface area (Å²) in [7, 11) is 0. The first-order valence-corrected chi connectivity index (χ1v) is 8.07. The Kier molecular flexibility index (Phi) is 6.75. The van der Waals surface area contributed by atoms with Gasteiger partial charge in [-0.15, -0.1) is 0 Å². The number of carboxylic acid groups (broad SMARTS) is 1. The lowest BCUT2D eigenvalue weighted by molar-refractivity contribution is -0.150. The highest BCUT2D eigenvalue weighted by molar-refractivity contribution is 5.97. The van der Waals surface area contributed by atoms with E-state index < -0.39 is 42.0 Å². The van der Waals surface area contributed by atoms with Crippen molar-refractivity contribution >= 4 is 17.8 Å². The van der Waals surface area contributed by atoms with Gasteiger partial charge < -0.3 is 15.2 Å². The van der Waals surface area contributed by atoms with E-state index in [1.165, 1.54) is 0 Å². The molecule has 0 heterocycles. The smallest absolute Gasteiger partial charge is 0.416 e. The number of carbonyl (C=O) groups excluding carboxylic acids is 2. The van der Waals surface area contributed by atoms with Gasteiger partial charge in [-0.05, 0) is 23.8 Å². The third-order valence-electron chi connectivity index (χ3n) is 3.67. The molecule has 0 fully saturated rings. The fourth-order valence-corrected chi connectivity index (χ4v) is 2.24. The van der Waals surface area contributed by atoms with E-state index >= 15 is 0 Å². The molecule has 0 aliphatic rings. The molecule has 1 amide bonds. The molecule has 6 nitrogen and oxygen atoms in total. The van der Waals surface area contributed by atoms with E-state index in [-0.39, 0.29) is 12.2 Å². The Morgan fingerprint density at radius 3 is 2.32 bits per heavy atom. The second-order valence-corrected chi connectivity index (χ2v) is 5.79. The van der Waals surface area contributed by atoms with Crippen LogP contribution in [0.4, 0.5) is 13.2 Å². The van der Waals surface area contributed by atoms with Gasteiger partial charge in [-0.2, -0.15) is 13.2 Å². The number of esters is 1. The van der Waals surface area contributed by atoms with E-state index in [0.29, 0.717) is 11.6 Å². The van der Waals surface area contributed by atoms with Crippen LogP contribution in [0.5, 0.6) is 0 Å². The van der Waals surface area contributed by atoms with Gasteiger partial charge in [0.15, 0.2) is 0 Å². The van der Waals surface area contributed by atoms with Gasteiger partial charge in [-0.25, -0.2) is 4.79 Å². The number of ether oxygens (including phenoxy) is 1. The van der Waals surface area contributed by atoms with E-state index in [1.54, 1.807) is 30.3 Å². The van der Waals surface area contributed by atoms with Crippen molar-refractivity contribution in [2.75, 3.05) is 0 Å². The monoisotopic (exact) mass is 395 g/mol. The largest absolute Gasteiger partial charge is 0.480 e. The predicted octanol–water partition coefficient (Wildman–Crippen LogP) is 3.02. The first-order chi connectivity index (χ1) is 13.2. The molecule has 0 aromatic heterocycles. The minimum atomic E-state index is -4.65.